The maximum atomic E-state index is 10.2. The maximum absolute atomic E-state index is 10.2. The summed E-state index contributed by atoms with van der Waals surface area (Å²) in [5, 5.41) is 8.32. The number of nitrogens with two attached hydrogens (primary N) is 1. The second-order valence-electron chi connectivity index (χ2n) is 1.63. The van der Waals surface area contributed by atoms with Crippen LogP contribution >= 0.6 is 0 Å². The van der Waals surface area contributed by atoms with E-state index >= 15 is 0 Å². The van der Waals surface area contributed by atoms with Crippen LogP contribution < -0.4 is 5.73 Å². The third-order valence-corrected chi connectivity index (χ3v) is 0.939. The van der Waals surface area contributed by atoms with Gasteiger partial charge in [0.25, 0.3) is 0 Å². The Balaban J connectivity index is 2.88. The molecule has 0 bridgehead atoms. The molecule has 0 spiro atoms. The molecule has 0 aliphatic heterocycles. The van der Waals surface area contributed by atoms with Crippen LogP contribution in [-0.4, -0.2) is 16.1 Å². The molecule has 1 aromatic heterocycles. The molecule has 1 heterocycles. The minimum absolute atomic E-state index is 0.118. The third kappa shape index (κ3) is 1.14. The van der Waals surface area contributed by atoms with Gasteiger partial charge in [-0.05, 0) is 0 Å². The van der Waals surface area contributed by atoms with Gasteiger partial charge in [-0.25, -0.2) is 9.78 Å². The lowest BCUT2D eigenvalue weighted by Gasteiger charge is -1.83. The fourth-order valence-corrected chi connectivity index (χ4v) is 0.503. The Morgan fingerprint density at radius 3 is 2.90 bits per heavy atom. The van der Waals surface area contributed by atoms with E-state index in [9.17, 15) is 4.79 Å². The quantitative estimate of drug-likeness (QED) is 0.598. The molecule has 5 heteroatoms. The Hall–Kier alpha value is -1.36. The molecule has 5 nitrogen and oxygen atoms in total. The molecule has 0 saturated carbocycles. The maximum Gasteiger partial charge on any atom is 0.373 e. The van der Waals surface area contributed by atoms with Gasteiger partial charge in [0, 0.05) is 0 Å². The summed E-state index contributed by atoms with van der Waals surface area (Å²) < 4.78 is 4.66. The predicted molar refractivity (Wildman–Crippen MR) is 31.4 cm³/mol. The van der Waals surface area contributed by atoms with Gasteiger partial charge in [-0.15, -0.1) is 0 Å². The molecule has 0 unspecified atom stereocenters. The van der Waals surface area contributed by atoms with Crippen molar-refractivity contribution < 1.29 is 14.3 Å². The van der Waals surface area contributed by atoms with E-state index in [2.05, 4.69) is 9.40 Å². The van der Waals surface area contributed by atoms with E-state index in [1.54, 1.807) is 0 Å². The molecule has 0 aromatic carbocycles. The Morgan fingerprint density at radius 1 is 1.90 bits per heavy atom. The Morgan fingerprint density at radius 2 is 2.60 bits per heavy atom. The van der Waals surface area contributed by atoms with Crippen LogP contribution in [0, 0.1) is 0 Å². The summed E-state index contributed by atoms with van der Waals surface area (Å²) in [5.41, 5.74) is 5.11. The topological polar surface area (TPSA) is 89.3 Å². The van der Waals surface area contributed by atoms with Crippen molar-refractivity contribution in [1.29, 1.82) is 0 Å². The molecular formula is C5H6N2O3. The Labute approximate surface area is 56.5 Å². The van der Waals surface area contributed by atoms with Crippen LogP contribution in [0.3, 0.4) is 0 Å². The van der Waals surface area contributed by atoms with Crippen molar-refractivity contribution in [2.75, 3.05) is 0 Å². The highest BCUT2D eigenvalue weighted by molar-refractivity contribution is 5.83. The first-order valence-electron chi connectivity index (χ1n) is 2.62. The average molecular weight is 142 g/mol. The molecule has 0 radical (unpaired) electrons. The SMILES string of the molecule is NCc1ncc(C(=O)O)o1. The zero-order chi connectivity index (χ0) is 7.56. The summed E-state index contributed by atoms with van der Waals surface area (Å²) in [6, 6.07) is 0. The van der Waals surface area contributed by atoms with Crippen molar-refractivity contribution in [2.24, 2.45) is 5.73 Å². The second-order valence-corrected chi connectivity index (χ2v) is 1.63. The van der Waals surface area contributed by atoms with Crippen molar-refractivity contribution in [3.8, 4) is 0 Å². The smallest absolute Gasteiger partial charge is 0.373 e. The van der Waals surface area contributed by atoms with Crippen LogP contribution in [-0.2, 0) is 6.54 Å². The van der Waals surface area contributed by atoms with E-state index in [-0.39, 0.29) is 18.2 Å². The summed E-state index contributed by atoms with van der Waals surface area (Å²) in [6.45, 7) is 0.118. The normalized spacial score (nSPS) is 9.70. The Bertz CT molecular complexity index is 243. The molecular weight excluding hydrogens is 136 g/mol. The molecule has 3 N–H and O–H groups in total. The van der Waals surface area contributed by atoms with Crippen molar-refractivity contribution in [3.63, 3.8) is 0 Å². The van der Waals surface area contributed by atoms with Gasteiger partial charge < -0.3 is 15.3 Å². The molecule has 0 saturated heterocycles. The highest BCUT2D eigenvalue weighted by Crippen LogP contribution is 2.01. The monoisotopic (exact) mass is 142 g/mol. The van der Waals surface area contributed by atoms with Gasteiger partial charge in [0.1, 0.15) is 0 Å². The molecule has 1 aromatic rings. The van der Waals surface area contributed by atoms with Crippen molar-refractivity contribution in [1.82, 2.24) is 4.98 Å². The van der Waals surface area contributed by atoms with Gasteiger partial charge in [-0.1, -0.05) is 0 Å². The van der Waals surface area contributed by atoms with E-state index in [1.165, 1.54) is 0 Å². The number of carboxylic acid groups (broad SMARTS) is 1. The van der Waals surface area contributed by atoms with Gasteiger partial charge in [-0.2, -0.15) is 0 Å². The van der Waals surface area contributed by atoms with E-state index in [0.29, 0.717) is 0 Å². The first-order valence-corrected chi connectivity index (χ1v) is 2.62. The molecule has 54 valence electrons. The molecule has 0 aliphatic carbocycles. The number of hydrogen-bond donors (Lipinski definition) is 2. The van der Waals surface area contributed by atoms with Gasteiger partial charge in [0.05, 0.1) is 12.7 Å². The summed E-state index contributed by atoms with van der Waals surface area (Å²) in [5.74, 6) is -1.08. The number of oxazole rings is 1. The van der Waals surface area contributed by atoms with E-state index in [4.69, 9.17) is 10.8 Å². The van der Waals surface area contributed by atoms with Crippen LogP contribution in [0.1, 0.15) is 16.4 Å². The van der Waals surface area contributed by atoms with Crippen molar-refractivity contribution in [2.45, 2.75) is 6.54 Å². The molecule has 1 rings (SSSR count). The van der Waals surface area contributed by atoms with Crippen molar-refractivity contribution >= 4 is 5.97 Å². The summed E-state index contributed by atoms with van der Waals surface area (Å²) in [4.78, 5) is 13.7. The van der Waals surface area contributed by atoms with Gasteiger partial charge in [0.2, 0.25) is 11.7 Å². The molecule has 0 aliphatic rings. The first-order chi connectivity index (χ1) is 4.74. The molecule has 10 heavy (non-hydrogen) atoms. The number of aromatic carboxylic acids is 1. The number of hydrogen-bond acceptors (Lipinski definition) is 4. The Kier molecular flexibility index (Phi) is 1.68. The molecule has 0 amide bonds. The van der Waals surface area contributed by atoms with Crippen LogP contribution in [0.15, 0.2) is 10.6 Å². The zero-order valence-electron chi connectivity index (χ0n) is 5.07. The number of rotatable bonds is 2. The van der Waals surface area contributed by atoms with Gasteiger partial charge >= 0.3 is 5.97 Å². The fourth-order valence-electron chi connectivity index (χ4n) is 0.503. The minimum Gasteiger partial charge on any atom is -0.475 e. The highest BCUT2D eigenvalue weighted by atomic mass is 16.4. The molecule has 0 atom stereocenters. The second kappa shape index (κ2) is 2.49. The lowest BCUT2D eigenvalue weighted by atomic mass is 10.5. The van der Waals surface area contributed by atoms with Crippen LogP contribution in [0.25, 0.3) is 0 Å². The van der Waals surface area contributed by atoms with E-state index in [0.717, 1.165) is 6.20 Å². The minimum atomic E-state index is -1.13. The van der Waals surface area contributed by atoms with Crippen molar-refractivity contribution in [3.05, 3.63) is 17.8 Å². The van der Waals surface area contributed by atoms with Crippen LogP contribution in [0.2, 0.25) is 0 Å². The predicted octanol–water partition coefficient (Wildman–Crippen LogP) is -0.169. The largest absolute Gasteiger partial charge is 0.475 e. The van der Waals surface area contributed by atoms with Crippen LogP contribution in [0.4, 0.5) is 0 Å². The number of carboxylic acids is 1. The van der Waals surface area contributed by atoms with E-state index < -0.39 is 5.97 Å². The van der Waals surface area contributed by atoms with Gasteiger partial charge in [-0.3, -0.25) is 0 Å². The lowest BCUT2D eigenvalue weighted by Crippen LogP contribution is -1.96. The molecule has 0 fully saturated rings. The number of aromatic nitrogens is 1. The number of carbonyl (C=O) groups is 1. The number of nitrogens with zero attached hydrogens (tertiary/aromatic N) is 1. The van der Waals surface area contributed by atoms with Gasteiger partial charge in [0.15, 0.2) is 0 Å². The summed E-state index contributed by atoms with van der Waals surface area (Å²) in [6.07, 6.45) is 1.13. The van der Waals surface area contributed by atoms with Crippen LogP contribution in [0.5, 0.6) is 0 Å². The highest BCUT2D eigenvalue weighted by Gasteiger charge is 2.08. The van der Waals surface area contributed by atoms with E-state index in [1.807, 2.05) is 0 Å². The first kappa shape index (κ1) is 6.76. The lowest BCUT2D eigenvalue weighted by molar-refractivity contribution is 0.0660. The average Bonchev–Trinajstić information content (AvgIpc) is 2.34. The summed E-state index contributed by atoms with van der Waals surface area (Å²) >= 11 is 0. The third-order valence-electron chi connectivity index (χ3n) is 0.939. The standard InChI is InChI=1S/C5H6N2O3/c6-1-4-7-2-3(10-4)5(8)9/h2H,1,6H2,(H,8,9). The summed E-state index contributed by atoms with van der Waals surface area (Å²) in [7, 11) is 0. The zero-order valence-corrected chi connectivity index (χ0v) is 5.07. The fraction of sp³-hybridized carbons (Fsp3) is 0.200.